The summed E-state index contributed by atoms with van der Waals surface area (Å²) in [6.07, 6.45) is 5.17. The molecule has 4 aromatic rings. The zero-order chi connectivity index (χ0) is 27.2. The van der Waals surface area contributed by atoms with E-state index in [0.29, 0.717) is 42.1 Å². The lowest BCUT2D eigenvalue weighted by Gasteiger charge is -2.26. The number of amides is 1. The highest BCUT2D eigenvalue weighted by atomic mass is 35.5. The van der Waals surface area contributed by atoms with Crippen molar-refractivity contribution in [2.75, 3.05) is 39.1 Å². The minimum atomic E-state index is 0.0679. The van der Waals surface area contributed by atoms with Crippen LogP contribution in [-0.4, -0.2) is 70.5 Å². The van der Waals surface area contributed by atoms with Crippen LogP contribution in [0.4, 0.5) is 11.5 Å². The number of aromatic nitrogens is 3. The lowest BCUT2D eigenvalue weighted by Crippen LogP contribution is -2.43. The van der Waals surface area contributed by atoms with E-state index >= 15 is 0 Å². The van der Waals surface area contributed by atoms with Gasteiger partial charge in [0.1, 0.15) is 36.9 Å². The molecule has 0 bridgehead atoms. The van der Waals surface area contributed by atoms with Crippen LogP contribution in [0.1, 0.15) is 18.5 Å². The summed E-state index contributed by atoms with van der Waals surface area (Å²) in [5.41, 5.74) is 2.37. The van der Waals surface area contributed by atoms with Crippen LogP contribution >= 0.6 is 11.6 Å². The Labute approximate surface area is 232 Å². The number of carbonyl (C=O) groups is 1. The van der Waals surface area contributed by atoms with Gasteiger partial charge in [0.25, 0.3) is 0 Å². The summed E-state index contributed by atoms with van der Waals surface area (Å²) in [5, 5.41) is 4.63. The molecule has 1 atom stereocenters. The third-order valence-corrected chi connectivity index (χ3v) is 6.79. The Balaban J connectivity index is 1.26. The van der Waals surface area contributed by atoms with Gasteiger partial charge in [0, 0.05) is 23.8 Å². The van der Waals surface area contributed by atoms with Gasteiger partial charge in [-0.15, -0.1) is 0 Å². The van der Waals surface area contributed by atoms with Gasteiger partial charge in [-0.25, -0.2) is 9.97 Å². The van der Waals surface area contributed by atoms with Crippen molar-refractivity contribution in [3.05, 3.63) is 77.8 Å². The summed E-state index contributed by atoms with van der Waals surface area (Å²) in [7, 11) is 3.81. The molecule has 39 heavy (non-hydrogen) atoms. The number of nitrogens with one attached hydrogen (secondary N) is 1. The van der Waals surface area contributed by atoms with Crippen molar-refractivity contribution in [3.63, 3.8) is 0 Å². The summed E-state index contributed by atoms with van der Waals surface area (Å²) < 4.78 is 12.0. The van der Waals surface area contributed by atoms with Crippen LogP contribution in [0.15, 0.2) is 67.1 Å². The van der Waals surface area contributed by atoms with Crippen LogP contribution in [0.2, 0.25) is 5.02 Å². The highest BCUT2D eigenvalue weighted by molar-refractivity contribution is 6.32. The Kier molecular flexibility index (Phi) is 8.39. The number of likely N-dealkylation sites (tertiary alicyclic amines) is 1. The number of rotatable bonds is 10. The molecule has 1 N–H and O–H groups in total. The number of hydrogen-bond acceptors (Lipinski definition) is 8. The average molecular weight is 547 g/mol. The molecular weight excluding hydrogens is 516 g/mol. The number of benzene rings is 2. The fourth-order valence-corrected chi connectivity index (χ4v) is 4.82. The molecule has 1 amide bonds. The number of fused-ring (bicyclic) bond motifs is 1. The Morgan fingerprint density at radius 3 is 2.79 bits per heavy atom. The first kappa shape index (κ1) is 26.6. The Bertz CT molecular complexity index is 1440. The van der Waals surface area contributed by atoms with Crippen LogP contribution < -0.4 is 14.8 Å². The number of anilines is 2. The Morgan fingerprint density at radius 1 is 1.10 bits per heavy atom. The van der Waals surface area contributed by atoms with Crippen molar-refractivity contribution in [1.82, 2.24) is 24.8 Å². The van der Waals surface area contributed by atoms with Gasteiger partial charge >= 0.3 is 0 Å². The molecule has 1 saturated heterocycles. The molecule has 2 aromatic heterocycles. The molecule has 1 fully saturated rings. The van der Waals surface area contributed by atoms with Gasteiger partial charge in [-0.05, 0) is 75.5 Å². The number of ether oxygens (including phenoxy) is 2. The highest BCUT2D eigenvalue weighted by Gasteiger charge is 2.29. The summed E-state index contributed by atoms with van der Waals surface area (Å²) in [5.74, 6) is 2.04. The van der Waals surface area contributed by atoms with Gasteiger partial charge in [-0.1, -0.05) is 17.7 Å². The first-order chi connectivity index (χ1) is 19.0. The minimum absolute atomic E-state index is 0.0679. The summed E-state index contributed by atoms with van der Waals surface area (Å²) >= 11 is 6.50. The molecule has 1 aliphatic rings. The molecule has 0 aliphatic carbocycles. The molecule has 9 nitrogen and oxygen atoms in total. The smallest absolute Gasteiger partial charge is 0.237 e. The largest absolute Gasteiger partial charge is 0.491 e. The van der Waals surface area contributed by atoms with Crippen molar-refractivity contribution in [1.29, 1.82) is 0 Å². The predicted molar refractivity (Wildman–Crippen MR) is 152 cm³/mol. The molecule has 0 unspecified atom stereocenters. The number of likely N-dealkylation sites (N-methyl/N-ethyl adjacent to an activating group) is 1. The third-order valence-electron chi connectivity index (χ3n) is 6.49. The normalized spacial score (nSPS) is 15.1. The molecule has 202 valence electrons. The fourth-order valence-electron chi connectivity index (χ4n) is 4.58. The SMILES string of the molecule is CN(C)CC(=O)N1CCC[C@H]1COc1ccc2ncnc(Nc3ccc(OCc4ccccn4)c(Cl)c3)c2c1. The molecule has 1 aliphatic heterocycles. The van der Waals surface area contributed by atoms with Gasteiger partial charge in [-0.3, -0.25) is 9.78 Å². The van der Waals surface area contributed by atoms with E-state index in [-0.39, 0.29) is 11.9 Å². The number of pyridine rings is 1. The molecule has 5 rings (SSSR count). The zero-order valence-corrected chi connectivity index (χ0v) is 22.8. The van der Waals surface area contributed by atoms with E-state index in [4.69, 9.17) is 21.1 Å². The molecule has 10 heteroatoms. The average Bonchev–Trinajstić information content (AvgIpc) is 3.41. The van der Waals surface area contributed by atoms with Crippen molar-refractivity contribution >= 4 is 39.9 Å². The van der Waals surface area contributed by atoms with E-state index in [1.807, 2.05) is 72.4 Å². The summed E-state index contributed by atoms with van der Waals surface area (Å²) in [4.78, 5) is 29.5. The van der Waals surface area contributed by atoms with Crippen molar-refractivity contribution in [3.8, 4) is 11.5 Å². The molecule has 0 spiro atoms. The number of nitrogens with zero attached hydrogens (tertiary/aromatic N) is 5. The van der Waals surface area contributed by atoms with Crippen LogP contribution in [-0.2, 0) is 11.4 Å². The standard InChI is InChI=1S/C29H31ClN6O3/c1-35(2)16-28(37)36-13-5-7-22(36)18-38-23-9-10-26-24(15-23)29(33-19-32-26)34-20-8-11-27(25(30)14-20)39-17-21-6-3-4-12-31-21/h3-4,6,8-12,14-15,19,22H,5,7,13,16-18H2,1-2H3,(H,32,33,34)/t22-/m0/s1. The third kappa shape index (κ3) is 6.74. The van der Waals surface area contributed by atoms with E-state index in [1.54, 1.807) is 12.3 Å². The number of hydrogen-bond donors (Lipinski definition) is 1. The first-order valence-corrected chi connectivity index (χ1v) is 13.2. The van der Waals surface area contributed by atoms with Crippen LogP contribution in [0.25, 0.3) is 10.9 Å². The van der Waals surface area contributed by atoms with Gasteiger partial charge in [0.15, 0.2) is 0 Å². The van der Waals surface area contributed by atoms with E-state index in [9.17, 15) is 4.79 Å². The van der Waals surface area contributed by atoms with Crippen LogP contribution in [0, 0.1) is 0 Å². The van der Waals surface area contributed by atoms with Gasteiger partial charge in [0.05, 0.1) is 28.8 Å². The summed E-state index contributed by atoms with van der Waals surface area (Å²) in [6.45, 7) is 1.95. The quantitative estimate of drug-likeness (QED) is 0.299. The Hall–Kier alpha value is -3.95. The van der Waals surface area contributed by atoms with E-state index in [2.05, 4.69) is 20.3 Å². The molecule has 2 aromatic carbocycles. The maximum absolute atomic E-state index is 12.6. The number of halogens is 1. The lowest BCUT2D eigenvalue weighted by molar-refractivity contribution is -0.133. The van der Waals surface area contributed by atoms with E-state index in [1.165, 1.54) is 6.33 Å². The molecule has 0 radical (unpaired) electrons. The number of carbonyl (C=O) groups excluding carboxylic acids is 1. The molecular formula is C29H31ClN6O3. The topological polar surface area (TPSA) is 92.7 Å². The lowest BCUT2D eigenvalue weighted by atomic mass is 10.2. The second-order valence-corrected chi connectivity index (χ2v) is 10.1. The monoisotopic (exact) mass is 546 g/mol. The second-order valence-electron chi connectivity index (χ2n) is 9.71. The van der Waals surface area contributed by atoms with Gasteiger partial charge < -0.3 is 24.6 Å². The minimum Gasteiger partial charge on any atom is -0.491 e. The van der Waals surface area contributed by atoms with E-state index < -0.39 is 0 Å². The first-order valence-electron chi connectivity index (χ1n) is 12.9. The van der Waals surface area contributed by atoms with Gasteiger partial charge in [0.2, 0.25) is 5.91 Å². The predicted octanol–water partition coefficient (Wildman–Crippen LogP) is 4.93. The van der Waals surface area contributed by atoms with Crippen LogP contribution in [0.3, 0.4) is 0 Å². The Morgan fingerprint density at radius 2 is 2.00 bits per heavy atom. The fraction of sp³-hybridized carbons (Fsp3) is 0.310. The van der Waals surface area contributed by atoms with E-state index in [0.717, 1.165) is 41.7 Å². The highest BCUT2D eigenvalue weighted by Crippen LogP contribution is 2.32. The molecule has 0 saturated carbocycles. The maximum atomic E-state index is 12.6. The van der Waals surface area contributed by atoms with Gasteiger partial charge in [-0.2, -0.15) is 0 Å². The van der Waals surface area contributed by atoms with Crippen molar-refractivity contribution in [2.45, 2.75) is 25.5 Å². The second kappa shape index (κ2) is 12.3. The van der Waals surface area contributed by atoms with Crippen LogP contribution in [0.5, 0.6) is 11.5 Å². The van der Waals surface area contributed by atoms with Crippen molar-refractivity contribution in [2.24, 2.45) is 0 Å². The zero-order valence-electron chi connectivity index (χ0n) is 22.0. The summed E-state index contributed by atoms with van der Waals surface area (Å²) in [6, 6.07) is 17.0. The maximum Gasteiger partial charge on any atom is 0.237 e. The van der Waals surface area contributed by atoms with Crippen molar-refractivity contribution < 1.29 is 14.3 Å². The molecule has 3 heterocycles.